The zero-order chi connectivity index (χ0) is 10.1. The lowest BCUT2D eigenvalue weighted by molar-refractivity contribution is -0.162. The molecule has 0 saturated carbocycles. The predicted molar refractivity (Wildman–Crippen MR) is 45.3 cm³/mol. The van der Waals surface area contributed by atoms with Crippen LogP contribution in [0.2, 0.25) is 0 Å². The monoisotopic (exact) mass is 182 g/mol. The average molecular weight is 182 g/mol. The fourth-order valence-corrected chi connectivity index (χ4v) is 0.390. The number of hydrogen-bond acceptors (Lipinski definition) is 4. The third kappa shape index (κ3) is 5.50. The van der Waals surface area contributed by atoms with Gasteiger partial charge in [0.05, 0.1) is 0 Å². The van der Waals surface area contributed by atoms with E-state index in [4.69, 9.17) is 0 Å². The first-order chi connectivity index (χ1) is 6.22. The molecule has 0 spiro atoms. The Morgan fingerprint density at radius 2 is 2.15 bits per heavy atom. The molecule has 0 amide bonds. The van der Waals surface area contributed by atoms with Crippen LogP contribution in [-0.2, 0) is 19.1 Å². The highest BCUT2D eigenvalue weighted by molar-refractivity contribution is 6.29. The maximum Gasteiger partial charge on any atom is 0.431 e. The Bertz CT molecular complexity index is 257. The van der Waals surface area contributed by atoms with Gasteiger partial charge in [-0.2, -0.15) is 0 Å². The minimum atomic E-state index is -1.11. The first kappa shape index (κ1) is 11.2. The Balaban J connectivity index is 3.82. The van der Waals surface area contributed by atoms with Gasteiger partial charge in [-0.05, 0) is 0 Å². The molecule has 0 radical (unpaired) electrons. The number of ether oxygens (including phenoxy) is 2. The van der Waals surface area contributed by atoms with Crippen molar-refractivity contribution < 1.29 is 19.1 Å². The number of rotatable bonds is 2. The predicted octanol–water partition coefficient (Wildman–Crippen LogP) is 0.630. The average Bonchev–Trinajstić information content (AvgIpc) is 2.14. The van der Waals surface area contributed by atoms with Crippen molar-refractivity contribution in [1.82, 2.24) is 0 Å². The molecule has 0 heterocycles. The van der Waals surface area contributed by atoms with Crippen LogP contribution < -0.4 is 0 Å². The topological polar surface area (TPSA) is 52.6 Å². The fourth-order valence-electron chi connectivity index (χ4n) is 0.390. The zero-order valence-corrected chi connectivity index (χ0v) is 7.33. The van der Waals surface area contributed by atoms with E-state index in [0.29, 0.717) is 6.42 Å². The zero-order valence-electron chi connectivity index (χ0n) is 7.33. The minimum absolute atomic E-state index is 0.0187. The molecule has 70 valence electrons. The number of esters is 2. The van der Waals surface area contributed by atoms with Crippen LogP contribution in [0.15, 0.2) is 12.7 Å². The largest absolute Gasteiger partial charge is 0.453 e. The van der Waals surface area contributed by atoms with Gasteiger partial charge in [0.1, 0.15) is 12.7 Å². The molecule has 0 unspecified atom stereocenters. The van der Waals surface area contributed by atoms with Crippen LogP contribution in [0.5, 0.6) is 0 Å². The van der Waals surface area contributed by atoms with Crippen molar-refractivity contribution in [2.75, 3.05) is 6.61 Å². The first-order valence-corrected chi connectivity index (χ1v) is 3.69. The molecule has 0 aliphatic rings. The van der Waals surface area contributed by atoms with E-state index >= 15 is 0 Å². The van der Waals surface area contributed by atoms with Crippen molar-refractivity contribution >= 4 is 11.9 Å². The van der Waals surface area contributed by atoms with Crippen LogP contribution in [0.25, 0.3) is 0 Å². The van der Waals surface area contributed by atoms with Gasteiger partial charge < -0.3 is 9.47 Å². The lowest BCUT2D eigenvalue weighted by Gasteiger charge is -1.96. The van der Waals surface area contributed by atoms with E-state index in [-0.39, 0.29) is 6.61 Å². The lowest BCUT2D eigenvalue weighted by atomic mass is 10.5. The van der Waals surface area contributed by atoms with Gasteiger partial charge in [-0.1, -0.05) is 25.5 Å². The molecular formula is C9H10O4. The molecule has 0 aliphatic carbocycles. The highest BCUT2D eigenvalue weighted by atomic mass is 16.6. The Hall–Kier alpha value is -1.76. The molecule has 0 N–H and O–H groups in total. The molecule has 0 rings (SSSR count). The molecule has 0 aliphatic heterocycles. The van der Waals surface area contributed by atoms with Crippen LogP contribution in [0.4, 0.5) is 0 Å². The summed E-state index contributed by atoms with van der Waals surface area (Å²) in [7, 11) is 0. The van der Waals surface area contributed by atoms with Crippen LogP contribution in [0.3, 0.4) is 0 Å². The summed E-state index contributed by atoms with van der Waals surface area (Å²) >= 11 is 0. The van der Waals surface area contributed by atoms with E-state index in [0.717, 1.165) is 0 Å². The number of carbonyl (C=O) groups is 2. The molecule has 0 aromatic heterocycles. The summed E-state index contributed by atoms with van der Waals surface area (Å²) in [5.74, 6) is 0.296. The Morgan fingerprint density at radius 3 is 2.69 bits per heavy atom. The third-order valence-corrected chi connectivity index (χ3v) is 0.892. The Morgan fingerprint density at radius 1 is 1.46 bits per heavy atom. The van der Waals surface area contributed by atoms with Crippen LogP contribution in [0.1, 0.15) is 13.3 Å². The first-order valence-electron chi connectivity index (χ1n) is 3.69. The van der Waals surface area contributed by atoms with Gasteiger partial charge in [-0.3, -0.25) is 0 Å². The summed E-state index contributed by atoms with van der Waals surface area (Å²) in [6, 6.07) is 0. The molecule has 0 aromatic rings. The Labute approximate surface area is 76.5 Å². The Kier molecular flexibility index (Phi) is 5.98. The number of carbonyl (C=O) groups excluding carboxylic acids is 2. The van der Waals surface area contributed by atoms with Crippen LogP contribution in [0, 0.1) is 12.0 Å². The van der Waals surface area contributed by atoms with E-state index < -0.39 is 11.9 Å². The summed E-state index contributed by atoms with van der Waals surface area (Å²) in [5, 5.41) is 0. The molecule has 0 bridgehead atoms. The maximum atomic E-state index is 10.7. The standard InChI is InChI=1S/C9H10O4/c1-3-5-7-13-9(11)8(10)12-6-4-2/h4H,2-3,6H2,1H3. The second-order valence-electron chi connectivity index (χ2n) is 1.91. The molecule has 4 nitrogen and oxygen atoms in total. The second-order valence-corrected chi connectivity index (χ2v) is 1.91. The van der Waals surface area contributed by atoms with E-state index in [2.05, 4.69) is 28.1 Å². The van der Waals surface area contributed by atoms with Crippen molar-refractivity contribution in [2.24, 2.45) is 0 Å². The SMILES string of the molecule is C=CCOC(=O)C(=O)OC#CCC. The quantitative estimate of drug-likeness (QED) is 0.272. The summed E-state index contributed by atoms with van der Waals surface area (Å²) in [5.41, 5.74) is 0. The van der Waals surface area contributed by atoms with E-state index in [1.165, 1.54) is 6.08 Å². The fraction of sp³-hybridized carbons (Fsp3) is 0.333. The molecule has 0 aromatic carbocycles. The normalized spacial score (nSPS) is 7.77. The maximum absolute atomic E-state index is 10.7. The van der Waals surface area contributed by atoms with Gasteiger partial charge in [0.15, 0.2) is 0 Å². The third-order valence-electron chi connectivity index (χ3n) is 0.892. The van der Waals surface area contributed by atoms with E-state index in [1.807, 2.05) is 0 Å². The molecule has 0 fully saturated rings. The van der Waals surface area contributed by atoms with Crippen LogP contribution in [-0.4, -0.2) is 18.5 Å². The van der Waals surface area contributed by atoms with Crippen molar-refractivity contribution in [1.29, 1.82) is 0 Å². The van der Waals surface area contributed by atoms with Crippen molar-refractivity contribution in [2.45, 2.75) is 13.3 Å². The summed E-state index contributed by atoms with van der Waals surface area (Å²) in [6.45, 7) is 5.08. The van der Waals surface area contributed by atoms with Gasteiger partial charge in [-0.15, -0.1) is 0 Å². The number of hydrogen-bond donors (Lipinski definition) is 0. The van der Waals surface area contributed by atoms with Crippen molar-refractivity contribution in [3.8, 4) is 12.0 Å². The van der Waals surface area contributed by atoms with E-state index in [9.17, 15) is 9.59 Å². The lowest BCUT2D eigenvalue weighted by Crippen LogP contribution is -2.18. The van der Waals surface area contributed by atoms with Gasteiger partial charge in [0.25, 0.3) is 0 Å². The highest BCUT2D eigenvalue weighted by Gasteiger charge is 2.15. The van der Waals surface area contributed by atoms with Crippen molar-refractivity contribution in [3.05, 3.63) is 12.7 Å². The second kappa shape index (κ2) is 6.92. The summed E-state index contributed by atoms with van der Waals surface area (Å²) in [4.78, 5) is 21.4. The van der Waals surface area contributed by atoms with Crippen molar-refractivity contribution in [3.63, 3.8) is 0 Å². The molecule has 0 saturated heterocycles. The smallest absolute Gasteiger partial charge is 0.431 e. The van der Waals surface area contributed by atoms with Gasteiger partial charge in [0.2, 0.25) is 0 Å². The van der Waals surface area contributed by atoms with Gasteiger partial charge in [0, 0.05) is 6.42 Å². The van der Waals surface area contributed by atoms with E-state index in [1.54, 1.807) is 6.92 Å². The molecular weight excluding hydrogens is 172 g/mol. The molecule has 13 heavy (non-hydrogen) atoms. The summed E-state index contributed by atoms with van der Waals surface area (Å²) < 4.78 is 8.62. The molecule has 0 atom stereocenters. The van der Waals surface area contributed by atoms with Crippen LogP contribution >= 0.6 is 0 Å². The minimum Gasteiger partial charge on any atom is -0.453 e. The van der Waals surface area contributed by atoms with Gasteiger partial charge in [-0.25, -0.2) is 9.59 Å². The highest BCUT2D eigenvalue weighted by Crippen LogP contribution is 1.84. The van der Waals surface area contributed by atoms with Gasteiger partial charge >= 0.3 is 11.9 Å². The summed E-state index contributed by atoms with van der Waals surface area (Å²) in [6.07, 6.45) is 3.97. The molecule has 4 heteroatoms.